The van der Waals surface area contributed by atoms with E-state index in [1.165, 1.54) is 0 Å². The molecule has 1 atom stereocenters. The Kier molecular flexibility index (Phi) is 3.99. The van der Waals surface area contributed by atoms with Crippen molar-refractivity contribution in [2.45, 2.75) is 12.2 Å². The summed E-state index contributed by atoms with van der Waals surface area (Å²) in [4.78, 5) is 14.2. The highest BCUT2D eigenvalue weighted by Crippen LogP contribution is 2.22. The molecule has 1 heterocycles. The lowest BCUT2D eigenvalue weighted by Crippen LogP contribution is -2.41. The second-order valence-electron chi connectivity index (χ2n) is 4.21. The van der Waals surface area contributed by atoms with Crippen LogP contribution in [0.3, 0.4) is 0 Å². The Balaban J connectivity index is 2.18. The topological polar surface area (TPSA) is 46.3 Å². The van der Waals surface area contributed by atoms with E-state index in [4.69, 9.17) is 5.73 Å². The van der Waals surface area contributed by atoms with E-state index in [1.54, 1.807) is 12.1 Å². The SMILES string of the molecule is CC1CN(C(=O)c2cc(N)cc(Br)c2)CCS1. The fourth-order valence-electron chi connectivity index (χ4n) is 1.92. The van der Waals surface area contributed by atoms with E-state index in [9.17, 15) is 4.79 Å². The van der Waals surface area contributed by atoms with Crippen molar-refractivity contribution < 1.29 is 4.79 Å². The monoisotopic (exact) mass is 314 g/mol. The van der Waals surface area contributed by atoms with Gasteiger partial charge in [-0.05, 0) is 18.2 Å². The fourth-order valence-corrected chi connectivity index (χ4v) is 3.45. The number of carbonyl (C=O) groups is 1. The summed E-state index contributed by atoms with van der Waals surface area (Å²) < 4.78 is 0.847. The predicted molar refractivity (Wildman–Crippen MR) is 76.4 cm³/mol. The molecule has 0 radical (unpaired) electrons. The van der Waals surface area contributed by atoms with E-state index >= 15 is 0 Å². The lowest BCUT2D eigenvalue weighted by atomic mass is 10.1. The first-order chi connectivity index (χ1) is 8.06. The maximum Gasteiger partial charge on any atom is 0.254 e. The average molecular weight is 315 g/mol. The van der Waals surface area contributed by atoms with Gasteiger partial charge in [-0.3, -0.25) is 4.79 Å². The highest BCUT2D eigenvalue weighted by molar-refractivity contribution is 9.10. The minimum atomic E-state index is 0.0742. The Morgan fingerprint density at radius 2 is 2.29 bits per heavy atom. The molecule has 1 amide bonds. The van der Waals surface area contributed by atoms with Crippen molar-refractivity contribution in [3.8, 4) is 0 Å². The molecule has 0 spiro atoms. The van der Waals surface area contributed by atoms with Crippen LogP contribution >= 0.6 is 27.7 Å². The third kappa shape index (κ3) is 3.16. The smallest absolute Gasteiger partial charge is 0.254 e. The molecule has 1 unspecified atom stereocenters. The van der Waals surface area contributed by atoms with Crippen LogP contribution in [0.4, 0.5) is 5.69 Å². The molecule has 3 nitrogen and oxygen atoms in total. The van der Waals surface area contributed by atoms with Crippen LogP contribution in [0.2, 0.25) is 0 Å². The van der Waals surface area contributed by atoms with Gasteiger partial charge in [-0.2, -0.15) is 11.8 Å². The molecule has 1 aromatic carbocycles. The lowest BCUT2D eigenvalue weighted by molar-refractivity contribution is 0.0763. The highest BCUT2D eigenvalue weighted by atomic mass is 79.9. The van der Waals surface area contributed by atoms with Gasteiger partial charge in [0.2, 0.25) is 0 Å². The van der Waals surface area contributed by atoms with Crippen molar-refractivity contribution in [1.82, 2.24) is 4.90 Å². The first-order valence-corrected chi connectivity index (χ1v) is 7.37. The van der Waals surface area contributed by atoms with Crippen molar-refractivity contribution >= 4 is 39.3 Å². The van der Waals surface area contributed by atoms with Crippen molar-refractivity contribution in [2.24, 2.45) is 0 Å². The first-order valence-electron chi connectivity index (χ1n) is 5.53. The number of nitrogens with two attached hydrogens (primary N) is 1. The summed E-state index contributed by atoms with van der Waals surface area (Å²) in [6.07, 6.45) is 0. The molecule has 1 aliphatic rings. The lowest BCUT2D eigenvalue weighted by Gasteiger charge is -2.30. The van der Waals surface area contributed by atoms with Crippen LogP contribution in [0, 0.1) is 0 Å². The van der Waals surface area contributed by atoms with Crippen molar-refractivity contribution in [3.05, 3.63) is 28.2 Å². The van der Waals surface area contributed by atoms with Gasteiger partial charge >= 0.3 is 0 Å². The second kappa shape index (κ2) is 5.31. The number of rotatable bonds is 1. The largest absolute Gasteiger partial charge is 0.399 e. The van der Waals surface area contributed by atoms with Gasteiger partial charge in [0.25, 0.3) is 5.91 Å². The van der Waals surface area contributed by atoms with Crippen LogP contribution in [0.5, 0.6) is 0 Å². The number of benzene rings is 1. The molecule has 17 heavy (non-hydrogen) atoms. The number of amides is 1. The Morgan fingerprint density at radius 3 is 2.94 bits per heavy atom. The Labute approximate surface area is 114 Å². The van der Waals surface area contributed by atoms with Crippen LogP contribution in [0.15, 0.2) is 22.7 Å². The van der Waals surface area contributed by atoms with Gasteiger partial charge in [-0.1, -0.05) is 22.9 Å². The number of nitrogen functional groups attached to an aromatic ring is 1. The Morgan fingerprint density at radius 1 is 1.53 bits per heavy atom. The Bertz CT molecular complexity index is 418. The summed E-state index contributed by atoms with van der Waals surface area (Å²) in [5.74, 6) is 1.08. The second-order valence-corrected chi connectivity index (χ2v) is 6.67. The van der Waals surface area contributed by atoms with E-state index in [2.05, 4.69) is 22.9 Å². The summed E-state index contributed by atoms with van der Waals surface area (Å²) in [6.45, 7) is 3.79. The maximum atomic E-state index is 12.3. The number of hydrogen-bond donors (Lipinski definition) is 1. The summed E-state index contributed by atoms with van der Waals surface area (Å²) in [5, 5.41) is 0.511. The summed E-state index contributed by atoms with van der Waals surface area (Å²) in [5.41, 5.74) is 7.03. The number of thioether (sulfide) groups is 1. The molecule has 0 saturated carbocycles. The molecule has 1 aromatic rings. The molecular formula is C12H15BrN2OS. The van der Waals surface area contributed by atoms with Crippen LogP contribution in [-0.2, 0) is 0 Å². The predicted octanol–water partition coefficient (Wildman–Crippen LogP) is 2.61. The Hall–Kier alpha value is -0.680. The number of halogens is 1. The highest BCUT2D eigenvalue weighted by Gasteiger charge is 2.22. The molecule has 0 aromatic heterocycles. The van der Waals surface area contributed by atoms with Crippen LogP contribution in [-0.4, -0.2) is 34.9 Å². The molecule has 1 aliphatic heterocycles. The van der Waals surface area contributed by atoms with Gasteiger partial charge in [-0.25, -0.2) is 0 Å². The number of anilines is 1. The number of nitrogens with zero attached hydrogens (tertiary/aromatic N) is 1. The molecule has 2 N–H and O–H groups in total. The van der Waals surface area contributed by atoms with Gasteiger partial charge in [0.1, 0.15) is 0 Å². The summed E-state index contributed by atoms with van der Waals surface area (Å²) in [6, 6.07) is 5.36. The first kappa shape index (κ1) is 12.8. The van der Waals surface area contributed by atoms with Crippen LogP contribution in [0.25, 0.3) is 0 Å². The third-order valence-corrected chi connectivity index (χ3v) is 4.29. The zero-order chi connectivity index (χ0) is 12.4. The third-order valence-electron chi connectivity index (χ3n) is 2.70. The molecule has 1 fully saturated rings. The van der Waals surface area contributed by atoms with Crippen molar-refractivity contribution in [2.75, 3.05) is 24.6 Å². The molecule has 2 rings (SSSR count). The number of hydrogen-bond acceptors (Lipinski definition) is 3. The number of carbonyl (C=O) groups excluding carboxylic acids is 1. The standard InChI is InChI=1S/C12H15BrN2OS/c1-8-7-15(2-3-17-8)12(16)9-4-10(13)6-11(14)5-9/h4-6,8H,2-3,7,14H2,1H3. The summed E-state index contributed by atoms with van der Waals surface area (Å²) in [7, 11) is 0. The molecule has 0 bridgehead atoms. The van der Waals surface area contributed by atoms with E-state index in [0.29, 0.717) is 16.5 Å². The molecular weight excluding hydrogens is 300 g/mol. The van der Waals surface area contributed by atoms with Gasteiger partial charge in [-0.15, -0.1) is 0 Å². The van der Waals surface area contributed by atoms with Crippen LogP contribution < -0.4 is 5.73 Å². The van der Waals surface area contributed by atoms with Gasteiger partial charge in [0, 0.05) is 39.8 Å². The van der Waals surface area contributed by atoms with Crippen molar-refractivity contribution in [1.29, 1.82) is 0 Å². The average Bonchev–Trinajstić information content (AvgIpc) is 2.26. The van der Waals surface area contributed by atoms with E-state index < -0.39 is 0 Å². The zero-order valence-corrected chi connectivity index (χ0v) is 12.1. The maximum absolute atomic E-state index is 12.3. The van der Waals surface area contributed by atoms with Gasteiger partial charge in [0.15, 0.2) is 0 Å². The van der Waals surface area contributed by atoms with Gasteiger partial charge < -0.3 is 10.6 Å². The zero-order valence-electron chi connectivity index (χ0n) is 9.65. The van der Waals surface area contributed by atoms with E-state index in [-0.39, 0.29) is 5.91 Å². The molecule has 5 heteroatoms. The minimum Gasteiger partial charge on any atom is -0.399 e. The molecule has 92 valence electrons. The van der Waals surface area contributed by atoms with Crippen molar-refractivity contribution in [3.63, 3.8) is 0 Å². The van der Waals surface area contributed by atoms with E-state index in [1.807, 2.05) is 22.7 Å². The quantitative estimate of drug-likeness (QED) is 0.810. The van der Waals surface area contributed by atoms with Crippen LogP contribution in [0.1, 0.15) is 17.3 Å². The minimum absolute atomic E-state index is 0.0742. The molecule has 1 saturated heterocycles. The van der Waals surface area contributed by atoms with Gasteiger partial charge in [0.05, 0.1) is 0 Å². The normalized spacial score (nSPS) is 20.4. The fraction of sp³-hybridized carbons (Fsp3) is 0.417. The van der Waals surface area contributed by atoms with E-state index in [0.717, 1.165) is 23.3 Å². The summed E-state index contributed by atoms with van der Waals surface area (Å²) >= 11 is 5.28. The molecule has 0 aliphatic carbocycles.